The predicted octanol–water partition coefficient (Wildman–Crippen LogP) is 8.32. The predicted molar refractivity (Wildman–Crippen MR) is 239 cm³/mol. The molecule has 3 aliphatic rings. The molecule has 0 radical (unpaired) electrons. The van der Waals surface area contributed by atoms with Gasteiger partial charge in [0.15, 0.2) is 0 Å². The van der Waals surface area contributed by atoms with Gasteiger partial charge in [0.1, 0.15) is 46.8 Å². The summed E-state index contributed by atoms with van der Waals surface area (Å²) in [4.78, 5) is 58.3. The first-order chi connectivity index (χ1) is 31.5. The zero-order valence-corrected chi connectivity index (χ0v) is 36.1. The van der Waals surface area contributed by atoms with Gasteiger partial charge in [0.05, 0.1) is 18.0 Å². The number of benzene rings is 2. The lowest BCUT2D eigenvalue weighted by molar-refractivity contribution is -0.130. The standard InChI is InChI=1S/C48H48F3N11O3/c1-29(63)60-14-4-6-33(26-60)47-57-41(22-44(58-47)54-38-9-3-8-36(49)20-38)32-11-13-46(53-25-32)62-16-17-65-42(28-62)35-18-37(50)21-39(19-35)55-45-23-40(31-10-12-43(51)52-24-31)56-48(59-45)34-7-5-15-61(27-34)30(2)64/h3,8-13,18-25,33-34,42H,4-7,14-17,26-28H2,1-2H3,(H,54,57,58)(H,55,56,59). The normalized spacial score (nSPS) is 18.9. The minimum Gasteiger partial charge on any atom is -0.370 e. The van der Waals surface area contributed by atoms with E-state index in [0.717, 1.165) is 31.2 Å². The SMILES string of the molecule is CC(=O)N1CCCC(c2nc(Nc3cc(F)cc(C4CN(c5ccc(-c6cc(Nc7cccc(F)c7)nc(C7CCCN(C(C)=O)C7)n6)cn5)CCO4)c3)cc(-c3ccc(F)nc3)n2)C1. The fraction of sp³-hybridized carbons (Fsp3) is 0.333. The molecule has 3 unspecified atom stereocenters. The van der Waals surface area contributed by atoms with Crippen molar-refractivity contribution >= 4 is 40.6 Å². The molecule has 2 N–H and O–H groups in total. The molecule has 3 saturated heterocycles. The van der Waals surface area contributed by atoms with Crippen molar-refractivity contribution in [2.45, 2.75) is 57.5 Å². The first-order valence-electron chi connectivity index (χ1n) is 21.8. The second-order valence-corrected chi connectivity index (χ2v) is 16.7. The van der Waals surface area contributed by atoms with Crippen molar-refractivity contribution in [1.29, 1.82) is 0 Å². The average Bonchev–Trinajstić information content (AvgIpc) is 3.31. The number of pyridine rings is 2. The van der Waals surface area contributed by atoms with Crippen LogP contribution in [0.2, 0.25) is 0 Å². The highest BCUT2D eigenvalue weighted by Gasteiger charge is 2.29. The molecule has 0 aliphatic carbocycles. The molecule has 65 heavy (non-hydrogen) atoms. The lowest BCUT2D eigenvalue weighted by atomic mass is 9.97. The molecular formula is C48H48F3N11O3. The molecular weight excluding hydrogens is 836 g/mol. The number of hydrogen-bond acceptors (Lipinski definition) is 12. The minimum atomic E-state index is -0.615. The second-order valence-electron chi connectivity index (χ2n) is 16.7. The lowest BCUT2D eigenvalue weighted by Crippen LogP contribution is -2.38. The van der Waals surface area contributed by atoms with Crippen molar-refractivity contribution in [3.63, 3.8) is 0 Å². The van der Waals surface area contributed by atoms with Crippen LogP contribution in [0.4, 0.5) is 42.0 Å². The molecule has 0 spiro atoms. The molecule has 7 heterocycles. The number of halogens is 3. The first-order valence-corrected chi connectivity index (χ1v) is 21.8. The number of anilines is 5. The van der Waals surface area contributed by atoms with E-state index in [-0.39, 0.29) is 29.5 Å². The van der Waals surface area contributed by atoms with E-state index in [1.807, 2.05) is 23.1 Å². The van der Waals surface area contributed by atoms with Crippen LogP contribution in [0, 0.1) is 17.6 Å². The molecule has 3 atom stereocenters. The molecule has 334 valence electrons. The van der Waals surface area contributed by atoms with Gasteiger partial charge in [-0.1, -0.05) is 6.07 Å². The highest BCUT2D eigenvalue weighted by molar-refractivity contribution is 5.74. The molecule has 0 saturated carbocycles. The molecule has 4 aromatic heterocycles. The third-order valence-electron chi connectivity index (χ3n) is 12.1. The number of hydrogen-bond donors (Lipinski definition) is 2. The summed E-state index contributed by atoms with van der Waals surface area (Å²) in [5.41, 5.74) is 4.08. The number of carbonyl (C=O) groups is 2. The van der Waals surface area contributed by atoms with E-state index in [1.165, 1.54) is 36.5 Å². The van der Waals surface area contributed by atoms with Crippen LogP contribution in [-0.4, -0.2) is 97.4 Å². The van der Waals surface area contributed by atoms with E-state index in [2.05, 4.69) is 20.5 Å². The summed E-state index contributed by atoms with van der Waals surface area (Å²) < 4.78 is 49.6. The van der Waals surface area contributed by atoms with Gasteiger partial charge >= 0.3 is 0 Å². The van der Waals surface area contributed by atoms with E-state index in [4.69, 9.17) is 29.7 Å². The van der Waals surface area contributed by atoms with Crippen molar-refractivity contribution in [1.82, 2.24) is 39.7 Å². The van der Waals surface area contributed by atoms with E-state index in [0.29, 0.717) is 109 Å². The van der Waals surface area contributed by atoms with Crippen molar-refractivity contribution in [3.8, 4) is 22.5 Å². The Morgan fingerprint density at radius 1 is 0.646 bits per heavy atom. The van der Waals surface area contributed by atoms with Crippen molar-refractivity contribution < 1.29 is 27.5 Å². The number of likely N-dealkylation sites (tertiary alicyclic amines) is 2. The van der Waals surface area contributed by atoms with Crippen LogP contribution in [0.3, 0.4) is 0 Å². The van der Waals surface area contributed by atoms with Gasteiger partial charge in [-0.3, -0.25) is 9.59 Å². The summed E-state index contributed by atoms with van der Waals surface area (Å²) in [7, 11) is 0. The maximum Gasteiger partial charge on any atom is 0.219 e. The van der Waals surface area contributed by atoms with E-state index >= 15 is 4.39 Å². The summed E-state index contributed by atoms with van der Waals surface area (Å²) in [5.74, 6) is 1.05. The van der Waals surface area contributed by atoms with Gasteiger partial charge in [0.2, 0.25) is 17.8 Å². The summed E-state index contributed by atoms with van der Waals surface area (Å²) in [5, 5.41) is 6.51. The number of aromatic nitrogens is 6. The quantitative estimate of drug-likeness (QED) is 0.127. The lowest BCUT2D eigenvalue weighted by Gasteiger charge is -2.34. The van der Waals surface area contributed by atoms with Crippen LogP contribution in [-0.2, 0) is 14.3 Å². The molecule has 17 heteroatoms. The Labute approximate surface area is 374 Å². The highest BCUT2D eigenvalue weighted by Crippen LogP contribution is 2.34. The first kappa shape index (κ1) is 43.3. The number of ether oxygens (including phenoxy) is 1. The summed E-state index contributed by atoms with van der Waals surface area (Å²) in [6, 6.07) is 21.1. The Bertz CT molecular complexity index is 2690. The van der Waals surface area contributed by atoms with Crippen LogP contribution >= 0.6 is 0 Å². The number of carbonyl (C=O) groups excluding carboxylic acids is 2. The Kier molecular flexibility index (Phi) is 12.6. The number of rotatable bonds is 10. The van der Waals surface area contributed by atoms with Crippen molar-refractivity contribution in [2.75, 3.05) is 61.4 Å². The smallest absolute Gasteiger partial charge is 0.219 e. The van der Waals surface area contributed by atoms with Gasteiger partial charge in [0, 0.05) is 112 Å². The van der Waals surface area contributed by atoms with Crippen LogP contribution in [0.5, 0.6) is 0 Å². The maximum atomic E-state index is 15.5. The van der Waals surface area contributed by atoms with Crippen molar-refractivity contribution in [3.05, 3.63) is 126 Å². The van der Waals surface area contributed by atoms with E-state index < -0.39 is 17.9 Å². The van der Waals surface area contributed by atoms with Crippen LogP contribution < -0.4 is 15.5 Å². The van der Waals surface area contributed by atoms with Gasteiger partial charge in [-0.2, -0.15) is 4.39 Å². The zero-order chi connectivity index (χ0) is 45.0. The number of amides is 2. The molecule has 0 bridgehead atoms. The fourth-order valence-corrected chi connectivity index (χ4v) is 8.71. The molecule has 3 fully saturated rings. The van der Waals surface area contributed by atoms with E-state index in [9.17, 15) is 18.4 Å². The topological polar surface area (TPSA) is 154 Å². The number of nitrogens with zero attached hydrogens (tertiary/aromatic N) is 9. The molecule has 2 aromatic carbocycles. The highest BCUT2D eigenvalue weighted by atomic mass is 19.1. The van der Waals surface area contributed by atoms with Crippen molar-refractivity contribution in [2.24, 2.45) is 0 Å². The van der Waals surface area contributed by atoms with Gasteiger partial charge < -0.3 is 30.1 Å². The summed E-state index contributed by atoms with van der Waals surface area (Å²) >= 11 is 0. The average molecular weight is 884 g/mol. The molecule has 2 amide bonds. The Balaban J connectivity index is 0.944. The molecule has 3 aliphatic heterocycles. The monoisotopic (exact) mass is 883 g/mol. The van der Waals surface area contributed by atoms with Crippen LogP contribution in [0.25, 0.3) is 22.5 Å². The third-order valence-corrected chi connectivity index (χ3v) is 12.1. The Morgan fingerprint density at radius 2 is 1.26 bits per heavy atom. The second kappa shape index (κ2) is 19.0. The van der Waals surface area contributed by atoms with Crippen LogP contribution in [0.1, 0.15) is 74.7 Å². The number of morpholine rings is 1. The summed E-state index contributed by atoms with van der Waals surface area (Å²) in [6.07, 6.45) is 5.91. The Morgan fingerprint density at radius 3 is 1.85 bits per heavy atom. The molecule has 6 aromatic rings. The maximum absolute atomic E-state index is 15.5. The minimum absolute atomic E-state index is 0.00948. The van der Waals surface area contributed by atoms with Gasteiger partial charge in [-0.15, -0.1) is 0 Å². The fourth-order valence-electron chi connectivity index (χ4n) is 8.71. The molecule has 9 rings (SSSR count). The van der Waals surface area contributed by atoms with Crippen LogP contribution in [0.15, 0.2) is 91.3 Å². The zero-order valence-electron chi connectivity index (χ0n) is 36.1. The van der Waals surface area contributed by atoms with E-state index in [1.54, 1.807) is 55.3 Å². The molecule has 14 nitrogen and oxygen atoms in total. The van der Waals surface area contributed by atoms with Gasteiger partial charge in [-0.25, -0.2) is 38.7 Å². The Hall–Kier alpha value is -7.01. The van der Waals surface area contributed by atoms with Gasteiger partial charge in [0.25, 0.3) is 0 Å². The largest absolute Gasteiger partial charge is 0.370 e. The number of piperidine rings is 2. The number of nitrogens with one attached hydrogen (secondary N) is 2. The third kappa shape index (κ3) is 10.4. The summed E-state index contributed by atoms with van der Waals surface area (Å²) in [6.45, 7) is 6.79. The van der Waals surface area contributed by atoms with Gasteiger partial charge in [-0.05, 0) is 91.9 Å².